The first-order chi connectivity index (χ1) is 4.33. The van der Waals surface area contributed by atoms with Gasteiger partial charge in [0.1, 0.15) is 6.29 Å². The number of rotatable bonds is 1. The summed E-state index contributed by atoms with van der Waals surface area (Å²) < 4.78 is 0. The zero-order valence-corrected chi connectivity index (χ0v) is 5.00. The predicted molar refractivity (Wildman–Crippen MR) is 34.1 cm³/mol. The van der Waals surface area contributed by atoms with E-state index >= 15 is 0 Å². The molecule has 0 radical (unpaired) electrons. The number of aldehydes is 1. The lowest BCUT2D eigenvalue weighted by Crippen LogP contribution is -1.92. The number of hydrogen-bond donors (Lipinski definition) is 1. The van der Waals surface area contributed by atoms with Gasteiger partial charge >= 0.3 is 0 Å². The van der Waals surface area contributed by atoms with Crippen molar-refractivity contribution in [2.45, 2.75) is 12.8 Å². The maximum absolute atomic E-state index is 10.1. The van der Waals surface area contributed by atoms with Gasteiger partial charge in [-0.2, -0.15) is 0 Å². The van der Waals surface area contributed by atoms with Crippen LogP contribution in [0.3, 0.4) is 0 Å². The van der Waals surface area contributed by atoms with Crippen LogP contribution < -0.4 is 0 Å². The van der Waals surface area contributed by atoms with E-state index in [1.807, 2.05) is 0 Å². The number of carbonyl (C=O) groups excluding carboxylic acids is 1. The second kappa shape index (κ2) is 2.49. The highest BCUT2D eigenvalue weighted by Crippen LogP contribution is 2.13. The van der Waals surface area contributed by atoms with Crippen LogP contribution in [-0.4, -0.2) is 11.4 Å². The Morgan fingerprint density at radius 1 is 1.44 bits per heavy atom. The minimum absolute atomic E-state index is 0.362. The average molecular weight is 124 g/mol. The summed E-state index contributed by atoms with van der Waals surface area (Å²) in [6, 6.07) is 0. The number of aliphatic hydroxyl groups excluding tert-OH is 1. The highest BCUT2D eigenvalue weighted by molar-refractivity contribution is 5.74. The van der Waals surface area contributed by atoms with Crippen molar-refractivity contribution in [1.29, 1.82) is 0 Å². The molecule has 2 nitrogen and oxygen atoms in total. The molecule has 0 fully saturated rings. The van der Waals surface area contributed by atoms with Crippen molar-refractivity contribution in [2.24, 2.45) is 0 Å². The van der Waals surface area contributed by atoms with Gasteiger partial charge in [-0.05, 0) is 18.1 Å². The third-order valence-electron chi connectivity index (χ3n) is 1.31. The molecule has 0 spiro atoms. The highest BCUT2D eigenvalue weighted by Gasteiger charge is 2.01. The summed E-state index contributed by atoms with van der Waals surface area (Å²) in [6.45, 7) is 0. The number of aliphatic hydroxyl groups is 1. The van der Waals surface area contributed by atoms with Crippen molar-refractivity contribution in [3.63, 3.8) is 0 Å². The van der Waals surface area contributed by atoms with E-state index in [-0.39, 0.29) is 0 Å². The van der Waals surface area contributed by atoms with Gasteiger partial charge in [0.15, 0.2) is 0 Å². The number of allylic oxidation sites excluding steroid dienone is 4. The monoisotopic (exact) mass is 124 g/mol. The molecular weight excluding hydrogens is 116 g/mol. The molecule has 0 amide bonds. The molecule has 1 aliphatic carbocycles. The Morgan fingerprint density at radius 2 is 2.22 bits per heavy atom. The molecule has 1 rings (SSSR count). The molecule has 1 N–H and O–H groups in total. The van der Waals surface area contributed by atoms with E-state index in [1.165, 1.54) is 0 Å². The van der Waals surface area contributed by atoms with Gasteiger partial charge in [-0.3, -0.25) is 4.79 Å². The summed E-state index contributed by atoms with van der Waals surface area (Å²) in [5.41, 5.74) is 0.757. The van der Waals surface area contributed by atoms with E-state index in [9.17, 15) is 4.79 Å². The van der Waals surface area contributed by atoms with E-state index in [0.29, 0.717) is 18.6 Å². The normalized spacial score (nSPS) is 18.2. The van der Waals surface area contributed by atoms with Gasteiger partial charge in [-0.15, -0.1) is 0 Å². The van der Waals surface area contributed by atoms with E-state index in [2.05, 4.69) is 0 Å². The van der Waals surface area contributed by atoms with Crippen LogP contribution in [0.4, 0.5) is 0 Å². The van der Waals surface area contributed by atoms with Gasteiger partial charge < -0.3 is 5.11 Å². The number of hydrogen-bond acceptors (Lipinski definition) is 2. The first kappa shape index (κ1) is 6.08. The first-order valence-electron chi connectivity index (χ1n) is 2.87. The summed E-state index contributed by atoms with van der Waals surface area (Å²) in [6.07, 6.45) is 5.30. The zero-order valence-electron chi connectivity index (χ0n) is 5.00. The third kappa shape index (κ3) is 1.42. The second-order valence-electron chi connectivity index (χ2n) is 2.02. The molecule has 48 valence electrons. The molecule has 0 aromatic heterocycles. The van der Waals surface area contributed by atoms with Crippen LogP contribution in [0, 0.1) is 0 Å². The van der Waals surface area contributed by atoms with Gasteiger partial charge in [0.05, 0.1) is 5.76 Å². The van der Waals surface area contributed by atoms with Gasteiger partial charge in [-0.25, -0.2) is 0 Å². The van der Waals surface area contributed by atoms with Crippen molar-refractivity contribution in [2.75, 3.05) is 0 Å². The quantitative estimate of drug-likeness (QED) is 0.535. The highest BCUT2D eigenvalue weighted by atomic mass is 16.3. The Kier molecular flexibility index (Phi) is 1.68. The molecule has 0 saturated carbocycles. The van der Waals surface area contributed by atoms with Crippen LogP contribution in [0.1, 0.15) is 12.8 Å². The molecule has 0 aliphatic heterocycles. The lowest BCUT2D eigenvalue weighted by atomic mass is 10.1. The van der Waals surface area contributed by atoms with Gasteiger partial charge in [-0.1, -0.05) is 6.08 Å². The van der Waals surface area contributed by atoms with Crippen LogP contribution in [0.5, 0.6) is 0 Å². The van der Waals surface area contributed by atoms with Crippen LogP contribution in [0.2, 0.25) is 0 Å². The maximum atomic E-state index is 10.1. The fourth-order valence-corrected chi connectivity index (χ4v) is 0.741. The third-order valence-corrected chi connectivity index (χ3v) is 1.31. The standard InChI is InChI=1S/C7H8O2/c8-5-6-1-3-7(9)4-2-6/h1,3,5,9H,2,4H2. The Hall–Kier alpha value is -1.05. The summed E-state index contributed by atoms with van der Waals surface area (Å²) >= 11 is 0. The van der Waals surface area contributed by atoms with Crippen LogP contribution in [0.15, 0.2) is 23.5 Å². The number of carbonyl (C=O) groups is 1. The van der Waals surface area contributed by atoms with Crippen LogP contribution in [0.25, 0.3) is 0 Å². The largest absolute Gasteiger partial charge is 0.512 e. The Balaban J connectivity index is 2.69. The van der Waals surface area contributed by atoms with Crippen LogP contribution in [-0.2, 0) is 4.79 Å². The molecule has 1 aliphatic rings. The molecule has 2 heteroatoms. The fraction of sp³-hybridized carbons (Fsp3) is 0.286. The molecule has 0 bridgehead atoms. The fourth-order valence-electron chi connectivity index (χ4n) is 0.741. The zero-order chi connectivity index (χ0) is 6.69. The minimum atomic E-state index is 0.362. The summed E-state index contributed by atoms with van der Waals surface area (Å²) in [7, 11) is 0. The molecule has 0 saturated heterocycles. The lowest BCUT2D eigenvalue weighted by Gasteiger charge is -2.03. The maximum Gasteiger partial charge on any atom is 0.146 e. The van der Waals surface area contributed by atoms with Crippen molar-refractivity contribution in [3.05, 3.63) is 23.5 Å². The molecule has 0 unspecified atom stereocenters. The van der Waals surface area contributed by atoms with Gasteiger partial charge in [0.2, 0.25) is 0 Å². The lowest BCUT2D eigenvalue weighted by molar-refractivity contribution is -0.105. The van der Waals surface area contributed by atoms with E-state index in [4.69, 9.17) is 5.11 Å². The molecular formula is C7H8O2. The smallest absolute Gasteiger partial charge is 0.146 e. The Bertz CT molecular complexity index is 177. The van der Waals surface area contributed by atoms with E-state index in [0.717, 1.165) is 11.9 Å². The SMILES string of the molecule is O=CC1=CC=C(O)CC1. The molecule has 0 aromatic rings. The van der Waals surface area contributed by atoms with E-state index in [1.54, 1.807) is 12.2 Å². The summed E-state index contributed by atoms with van der Waals surface area (Å²) in [5, 5.41) is 8.82. The molecule has 0 heterocycles. The molecule has 0 aromatic carbocycles. The van der Waals surface area contributed by atoms with Gasteiger partial charge in [0, 0.05) is 6.42 Å². The van der Waals surface area contributed by atoms with Crippen molar-refractivity contribution in [1.82, 2.24) is 0 Å². The summed E-state index contributed by atoms with van der Waals surface area (Å²) in [4.78, 5) is 10.1. The first-order valence-corrected chi connectivity index (χ1v) is 2.87. The van der Waals surface area contributed by atoms with E-state index < -0.39 is 0 Å². The van der Waals surface area contributed by atoms with Crippen molar-refractivity contribution >= 4 is 6.29 Å². The minimum Gasteiger partial charge on any atom is -0.512 e. The second-order valence-corrected chi connectivity index (χ2v) is 2.02. The molecule has 9 heavy (non-hydrogen) atoms. The Labute approximate surface area is 53.5 Å². The van der Waals surface area contributed by atoms with Crippen molar-refractivity contribution < 1.29 is 9.90 Å². The van der Waals surface area contributed by atoms with Crippen molar-refractivity contribution in [3.8, 4) is 0 Å². The predicted octanol–water partition coefficient (Wildman–Crippen LogP) is 1.35. The summed E-state index contributed by atoms with van der Waals surface area (Å²) in [5.74, 6) is 0.362. The molecule has 0 atom stereocenters. The topological polar surface area (TPSA) is 37.3 Å². The Morgan fingerprint density at radius 3 is 2.67 bits per heavy atom. The average Bonchev–Trinajstić information content (AvgIpc) is 1.90. The van der Waals surface area contributed by atoms with Gasteiger partial charge in [0.25, 0.3) is 0 Å². The van der Waals surface area contributed by atoms with Crippen LogP contribution >= 0.6 is 0 Å².